The number of ether oxygens (including phenoxy) is 3. The first-order chi connectivity index (χ1) is 12.9. The molecule has 0 heterocycles. The van der Waals surface area contributed by atoms with Gasteiger partial charge in [-0.25, -0.2) is 0 Å². The summed E-state index contributed by atoms with van der Waals surface area (Å²) in [6, 6.07) is 12.5. The average Bonchev–Trinajstić information content (AvgIpc) is 2.64. The van der Waals surface area contributed by atoms with Crippen molar-refractivity contribution >= 4 is 27.7 Å². The Morgan fingerprint density at radius 3 is 2.59 bits per heavy atom. The Balaban J connectivity index is 1.78. The quantitative estimate of drug-likeness (QED) is 0.651. The van der Waals surface area contributed by atoms with Gasteiger partial charge in [0, 0.05) is 4.47 Å². The topological polar surface area (TPSA) is 85.9 Å². The van der Waals surface area contributed by atoms with Crippen LogP contribution < -0.4 is 25.1 Å². The number of rotatable bonds is 7. The van der Waals surface area contributed by atoms with Crippen molar-refractivity contribution < 1.29 is 23.8 Å². The molecular formula is C19H21BrN2O5. The van der Waals surface area contributed by atoms with Crippen LogP contribution in [0.4, 0.5) is 0 Å². The molecule has 0 aliphatic heterocycles. The smallest absolute Gasteiger partial charge is 0.279 e. The molecule has 27 heavy (non-hydrogen) atoms. The second-order valence-corrected chi connectivity index (χ2v) is 6.61. The van der Waals surface area contributed by atoms with Gasteiger partial charge in [-0.3, -0.25) is 20.4 Å². The molecule has 0 saturated heterocycles. The van der Waals surface area contributed by atoms with E-state index in [1.165, 1.54) is 7.11 Å². The summed E-state index contributed by atoms with van der Waals surface area (Å²) in [5, 5.41) is 0. The Labute approximate surface area is 166 Å². The lowest BCUT2D eigenvalue weighted by atomic mass is 10.2. The van der Waals surface area contributed by atoms with Crippen molar-refractivity contribution in [1.82, 2.24) is 10.9 Å². The van der Waals surface area contributed by atoms with Crippen LogP contribution in [0.25, 0.3) is 0 Å². The first-order valence-corrected chi connectivity index (χ1v) is 8.96. The Kier molecular flexibility index (Phi) is 7.48. The number of halogens is 1. The number of carbonyl (C=O) groups excluding carboxylic acids is 2. The van der Waals surface area contributed by atoms with Crippen LogP contribution in [-0.4, -0.2) is 31.6 Å². The third-order valence-electron chi connectivity index (χ3n) is 3.48. The molecule has 7 nitrogen and oxygen atoms in total. The number of hydrazine groups is 1. The number of hydrogen-bond donors (Lipinski definition) is 2. The minimum Gasteiger partial charge on any atom is -0.493 e. The highest BCUT2D eigenvalue weighted by atomic mass is 79.9. The fourth-order valence-electron chi connectivity index (χ4n) is 2.10. The molecule has 8 heteroatoms. The van der Waals surface area contributed by atoms with E-state index in [9.17, 15) is 9.59 Å². The molecule has 2 N–H and O–H groups in total. The van der Waals surface area contributed by atoms with Crippen LogP contribution in [0.3, 0.4) is 0 Å². The molecule has 0 spiro atoms. The molecule has 0 aliphatic rings. The van der Waals surface area contributed by atoms with Crippen LogP contribution in [-0.2, 0) is 9.59 Å². The molecule has 0 radical (unpaired) electrons. The minimum absolute atomic E-state index is 0.277. The molecule has 2 amide bonds. The van der Waals surface area contributed by atoms with E-state index in [0.29, 0.717) is 17.2 Å². The lowest BCUT2D eigenvalue weighted by Crippen LogP contribution is -2.48. The summed E-state index contributed by atoms with van der Waals surface area (Å²) in [5.74, 6) is 0.504. The van der Waals surface area contributed by atoms with E-state index in [2.05, 4.69) is 26.8 Å². The highest BCUT2D eigenvalue weighted by Crippen LogP contribution is 2.27. The van der Waals surface area contributed by atoms with Crippen LogP contribution in [0.5, 0.6) is 17.2 Å². The zero-order chi connectivity index (χ0) is 19.8. The van der Waals surface area contributed by atoms with E-state index in [0.717, 1.165) is 10.0 Å². The molecule has 0 bridgehead atoms. The highest BCUT2D eigenvalue weighted by molar-refractivity contribution is 9.10. The molecule has 2 rings (SSSR count). The van der Waals surface area contributed by atoms with Crippen molar-refractivity contribution in [3.8, 4) is 17.2 Å². The number of carbonyl (C=O) groups is 2. The van der Waals surface area contributed by atoms with Crippen molar-refractivity contribution in [2.75, 3.05) is 13.7 Å². The summed E-state index contributed by atoms with van der Waals surface area (Å²) < 4.78 is 17.0. The van der Waals surface area contributed by atoms with Gasteiger partial charge in [0.1, 0.15) is 5.75 Å². The third kappa shape index (κ3) is 6.49. The minimum atomic E-state index is -0.794. The van der Waals surface area contributed by atoms with Crippen molar-refractivity contribution in [3.05, 3.63) is 52.5 Å². The van der Waals surface area contributed by atoms with Crippen molar-refractivity contribution in [3.63, 3.8) is 0 Å². The van der Waals surface area contributed by atoms with E-state index in [1.807, 2.05) is 19.1 Å². The maximum absolute atomic E-state index is 12.0. The fourth-order valence-corrected chi connectivity index (χ4v) is 2.48. The van der Waals surface area contributed by atoms with Gasteiger partial charge in [0.2, 0.25) is 0 Å². The molecule has 0 aromatic heterocycles. The largest absolute Gasteiger partial charge is 0.493 e. The number of methoxy groups -OCH3 is 1. The van der Waals surface area contributed by atoms with Crippen LogP contribution in [0.1, 0.15) is 12.5 Å². The molecular weight excluding hydrogens is 416 g/mol. The van der Waals surface area contributed by atoms with E-state index < -0.39 is 17.9 Å². The van der Waals surface area contributed by atoms with Crippen LogP contribution in [0.2, 0.25) is 0 Å². The van der Waals surface area contributed by atoms with Gasteiger partial charge in [-0.1, -0.05) is 28.1 Å². The first-order valence-electron chi connectivity index (χ1n) is 8.17. The first kappa shape index (κ1) is 20.6. The van der Waals surface area contributed by atoms with Crippen molar-refractivity contribution in [1.29, 1.82) is 0 Å². The Hall–Kier alpha value is -2.74. The summed E-state index contributed by atoms with van der Waals surface area (Å²) in [7, 11) is 1.52. The summed E-state index contributed by atoms with van der Waals surface area (Å²) in [4.78, 5) is 23.9. The number of nitrogens with one attached hydrogen (secondary N) is 2. The van der Waals surface area contributed by atoms with E-state index in [1.54, 1.807) is 37.3 Å². The van der Waals surface area contributed by atoms with Crippen molar-refractivity contribution in [2.45, 2.75) is 20.0 Å². The fraction of sp³-hybridized carbons (Fsp3) is 0.263. The zero-order valence-corrected chi connectivity index (χ0v) is 16.8. The standard InChI is InChI=1S/C19H21BrN2O5/c1-12-7-8-16(17(9-12)25-3)26-11-18(23)21-22-19(24)13(2)27-15-6-4-5-14(20)10-15/h4-10,13H,11H2,1-3H3,(H,21,23)(H,22,24). The lowest BCUT2D eigenvalue weighted by molar-refractivity contribution is -0.133. The zero-order valence-electron chi connectivity index (χ0n) is 15.2. The Morgan fingerprint density at radius 1 is 1.11 bits per heavy atom. The van der Waals surface area contributed by atoms with Gasteiger partial charge < -0.3 is 14.2 Å². The number of amides is 2. The molecule has 1 atom stereocenters. The maximum Gasteiger partial charge on any atom is 0.279 e. The molecule has 0 fully saturated rings. The molecule has 2 aromatic rings. The Bertz CT molecular complexity index is 812. The van der Waals surface area contributed by atoms with Gasteiger partial charge in [-0.2, -0.15) is 0 Å². The third-order valence-corrected chi connectivity index (χ3v) is 3.97. The Morgan fingerprint density at radius 2 is 1.89 bits per heavy atom. The summed E-state index contributed by atoms with van der Waals surface area (Å²) >= 11 is 3.33. The number of hydrogen-bond acceptors (Lipinski definition) is 5. The van der Waals surface area contributed by atoms with Gasteiger partial charge in [-0.15, -0.1) is 0 Å². The molecule has 2 aromatic carbocycles. The van der Waals surface area contributed by atoms with E-state index >= 15 is 0 Å². The predicted octanol–water partition coefficient (Wildman–Crippen LogP) is 2.76. The van der Waals surface area contributed by atoms with Crippen LogP contribution >= 0.6 is 15.9 Å². The van der Waals surface area contributed by atoms with Gasteiger partial charge in [0.25, 0.3) is 11.8 Å². The lowest BCUT2D eigenvalue weighted by Gasteiger charge is -2.15. The second kappa shape index (κ2) is 9.82. The van der Waals surface area contributed by atoms with E-state index in [-0.39, 0.29) is 6.61 Å². The SMILES string of the molecule is COc1cc(C)ccc1OCC(=O)NNC(=O)C(C)Oc1cccc(Br)c1. The van der Waals surface area contributed by atoms with E-state index in [4.69, 9.17) is 14.2 Å². The maximum atomic E-state index is 12.0. The molecule has 1 unspecified atom stereocenters. The van der Waals surface area contributed by atoms with Crippen LogP contribution in [0, 0.1) is 6.92 Å². The van der Waals surface area contributed by atoms with Gasteiger partial charge in [-0.05, 0) is 49.7 Å². The summed E-state index contributed by atoms with van der Waals surface area (Å²) in [5.41, 5.74) is 5.60. The average molecular weight is 437 g/mol. The monoisotopic (exact) mass is 436 g/mol. The highest BCUT2D eigenvalue weighted by Gasteiger charge is 2.16. The summed E-state index contributed by atoms with van der Waals surface area (Å²) in [6.07, 6.45) is -0.794. The van der Waals surface area contributed by atoms with Gasteiger partial charge in [0.05, 0.1) is 7.11 Å². The molecule has 0 aliphatic carbocycles. The predicted molar refractivity (Wildman–Crippen MR) is 104 cm³/mol. The molecule has 144 valence electrons. The van der Waals surface area contributed by atoms with Crippen molar-refractivity contribution in [2.24, 2.45) is 0 Å². The van der Waals surface area contributed by atoms with Gasteiger partial charge >= 0.3 is 0 Å². The second-order valence-electron chi connectivity index (χ2n) is 5.70. The normalized spacial score (nSPS) is 11.3. The van der Waals surface area contributed by atoms with Crippen LogP contribution in [0.15, 0.2) is 46.9 Å². The number of aryl methyl sites for hydroxylation is 1. The molecule has 0 saturated carbocycles. The number of benzene rings is 2. The summed E-state index contributed by atoms with van der Waals surface area (Å²) in [6.45, 7) is 3.22. The van der Waals surface area contributed by atoms with Gasteiger partial charge in [0.15, 0.2) is 24.2 Å².